The summed E-state index contributed by atoms with van der Waals surface area (Å²) in [7, 11) is -3.74. The van der Waals surface area contributed by atoms with E-state index < -0.39 is 21.3 Å². The average molecular weight is 287 g/mol. The monoisotopic (exact) mass is 287 g/mol. The molecule has 1 rings (SSSR count). The first-order chi connectivity index (χ1) is 8.69. The van der Waals surface area contributed by atoms with Crippen LogP contribution in [-0.2, 0) is 14.8 Å². The van der Waals surface area contributed by atoms with Crippen LogP contribution in [0.25, 0.3) is 0 Å². The number of anilines is 1. The lowest BCUT2D eigenvalue weighted by Crippen LogP contribution is -2.42. The minimum absolute atomic E-state index is 0.0215. The first-order valence-corrected chi connectivity index (χ1v) is 6.89. The predicted molar refractivity (Wildman–Crippen MR) is 70.2 cm³/mol. The van der Waals surface area contributed by atoms with Gasteiger partial charge in [0.15, 0.2) is 0 Å². The van der Waals surface area contributed by atoms with Gasteiger partial charge in [-0.05, 0) is 26.0 Å². The third-order valence-electron chi connectivity index (χ3n) is 2.57. The zero-order chi connectivity index (χ0) is 14.7. The van der Waals surface area contributed by atoms with Crippen molar-refractivity contribution >= 4 is 21.7 Å². The molecule has 106 valence electrons. The predicted octanol–water partition coefficient (Wildman–Crippen LogP) is -0.843. The summed E-state index contributed by atoms with van der Waals surface area (Å²) in [6.45, 7) is 3.01. The maximum Gasteiger partial charge on any atom is 0.242 e. The highest BCUT2D eigenvalue weighted by atomic mass is 32.2. The van der Waals surface area contributed by atoms with Crippen molar-refractivity contribution in [3.8, 4) is 0 Å². The third-order valence-corrected chi connectivity index (χ3v) is 3.95. The van der Waals surface area contributed by atoms with Crippen LogP contribution in [-0.4, -0.2) is 25.9 Å². The molecular formula is C10H17N5O3S. The van der Waals surface area contributed by atoms with Crippen molar-refractivity contribution in [2.75, 3.05) is 12.0 Å². The van der Waals surface area contributed by atoms with Crippen molar-refractivity contribution in [3.63, 3.8) is 0 Å². The molecule has 0 fully saturated rings. The summed E-state index contributed by atoms with van der Waals surface area (Å²) in [5.41, 5.74) is 6.48. The number of hydrogen-bond donors (Lipinski definition) is 4. The Morgan fingerprint density at radius 2 is 2.05 bits per heavy atom. The van der Waals surface area contributed by atoms with Crippen LogP contribution in [0.1, 0.15) is 13.8 Å². The molecule has 1 aromatic heterocycles. The number of primary amides is 1. The Balaban J connectivity index is 2.84. The quantitative estimate of drug-likeness (QED) is 0.397. The maximum atomic E-state index is 11.9. The number of nitrogen functional groups attached to an aromatic ring is 1. The summed E-state index contributed by atoms with van der Waals surface area (Å²) in [5.74, 6) is 4.89. The summed E-state index contributed by atoms with van der Waals surface area (Å²) >= 11 is 0. The van der Waals surface area contributed by atoms with Gasteiger partial charge in [0.25, 0.3) is 0 Å². The highest BCUT2D eigenvalue weighted by molar-refractivity contribution is 7.89. The lowest BCUT2D eigenvalue weighted by molar-refractivity contribution is -0.125. The molecule has 0 unspecified atom stereocenters. The van der Waals surface area contributed by atoms with Gasteiger partial charge in [-0.25, -0.2) is 24.0 Å². The molecule has 9 heteroatoms. The molecule has 19 heavy (non-hydrogen) atoms. The van der Waals surface area contributed by atoms with Crippen molar-refractivity contribution in [3.05, 3.63) is 18.3 Å². The fraction of sp³-hybridized carbons (Fsp3) is 0.400. The van der Waals surface area contributed by atoms with Gasteiger partial charge in [-0.1, -0.05) is 0 Å². The Hall–Kier alpha value is -1.71. The van der Waals surface area contributed by atoms with Crippen molar-refractivity contribution in [2.45, 2.75) is 18.7 Å². The molecule has 6 N–H and O–H groups in total. The SMILES string of the molecule is CC(C)(CNS(=O)(=O)c1ccc(NN)nc1)C(N)=O. The first-order valence-electron chi connectivity index (χ1n) is 5.41. The van der Waals surface area contributed by atoms with Crippen LogP contribution in [0.15, 0.2) is 23.2 Å². The molecule has 0 bridgehead atoms. The number of nitrogens with one attached hydrogen (secondary N) is 2. The van der Waals surface area contributed by atoms with E-state index in [1.54, 1.807) is 13.8 Å². The number of nitrogens with two attached hydrogens (primary N) is 2. The third kappa shape index (κ3) is 3.88. The van der Waals surface area contributed by atoms with Gasteiger partial charge >= 0.3 is 0 Å². The molecular weight excluding hydrogens is 270 g/mol. The van der Waals surface area contributed by atoms with Gasteiger partial charge in [0.2, 0.25) is 15.9 Å². The maximum absolute atomic E-state index is 11.9. The standard InChI is InChI=1S/C10H17N5O3S/c1-10(2,9(11)16)6-14-19(17,18)7-3-4-8(15-12)13-5-7/h3-5,14H,6,12H2,1-2H3,(H2,11,16)(H,13,15). The Morgan fingerprint density at radius 1 is 1.42 bits per heavy atom. The summed E-state index contributed by atoms with van der Waals surface area (Å²) in [4.78, 5) is 14.9. The summed E-state index contributed by atoms with van der Waals surface area (Å²) < 4.78 is 26.2. The Morgan fingerprint density at radius 3 is 2.47 bits per heavy atom. The number of sulfonamides is 1. The second-order valence-corrected chi connectivity index (χ2v) is 6.36. The normalized spacial score (nSPS) is 12.2. The van der Waals surface area contributed by atoms with Crippen LogP contribution >= 0.6 is 0 Å². The van der Waals surface area contributed by atoms with Gasteiger partial charge in [-0.15, -0.1) is 0 Å². The molecule has 1 amide bonds. The van der Waals surface area contributed by atoms with Gasteiger partial charge in [-0.3, -0.25) is 4.79 Å². The van der Waals surface area contributed by atoms with Crippen LogP contribution in [0, 0.1) is 5.41 Å². The van der Waals surface area contributed by atoms with Crippen molar-refractivity contribution in [1.29, 1.82) is 0 Å². The topological polar surface area (TPSA) is 140 Å². The molecule has 0 saturated heterocycles. The van der Waals surface area contributed by atoms with E-state index in [2.05, 4.69) is 15.1 Å². The first kappa shape index (κ1) is 15.3. The molecule has 0 spiro atoms. The van der Waals surface area contributed by atoms with Crippen LogP contribution in [0.4, 0.5) is 5.82 Å². The van der Waals surface area contributed by atoms with Crippen LogP contribution in [0.2, 0.25) is 0 Å². The molecule has 0 aromatic carbocycles. The number of hydrazine groups is 1. The zero-order valence-corrected chi connectivity index (χ0v) is 11.5. The molecule has 1 heterocycles. The van der Waals surface area contributed by atoms with E-state index in [1.165, 1.54) is 12.1 Å². The number of nitrogens with zero attached hydrogens (tertiary/aromatic N) is 1. The molecule has 0 aliphatic heterocycles. The van der Waals surface area contributed by atoms with E-state index in [0.717, 1.165) is 6.20 Å². The fourth-order valence-electron chi connectivity index (χ4n) is 1.07. The smallest absolute Gasteiger partial charge is 0.242 e. The van der Waals surface area contributed by atoms with Crippen molar-refractivity contribution in [2.24, 2.45) is 17.0 Å². The number of rotatable bonds is 6. The Labute approximate surface area is 111 Å². The second-order valence-electron chi connectivity index (χ2n) is 4.60. The second kappa shape index (κ2) is 5.51. The molecule has 8 nitrogen and oxygen atoms in total. The van der Waals surface area contributed by atoms with Gasteiger partial charge in [0.1, 0.15) is 10.7 Å². The molecule has 1 aromatic rings. The average Bonchev–Trinajstić information content (AvgIpc) is 2.36. The van der Waals surface area contributed by atoms with Crippen LogP contribution in [0.5, 0.6) is 0 Å². The highest BCUT2D eigenvalue weighted by Gasteiger charge is 2.27. The molecule has 0 atom stereocenters. The number of amides is 1. The largest absolute Gasteiger partial charge is 0.369 e. The molecule has 0 saturated carbocycles. The summed E-state index contributed by atoms with van der Waals surface area (Å²) in [6.07, 6.45) is 1.16. The number of aromatic nitrogens is 1. The van der Waals surface area contributed by atoms with Crippen LogP contribution in [0.3, 0.4) is 0 Å². The van der Waals surface area contributed by atoms with Crippen molar-refractivity contribution in [1.82, 2.24) is 9.71 Å². The Kier molecular flexibility index (Phi) is 4.45. The van der Waals surface area contributed by atoms with Gasteiger partial charge in [-0.2, -0.15) is 0 Å². The van der Waals surface area contributed by atoms with Gasteiger partial charge < -0.3 is 11.2 Å². The van der Waals surface area contributed by atoms with E-state index in [-0.39, 0.29) is 11.4 Å². The molecule has 0 aliphatic carbocycles. The van der Waals surface area contributed by atoms with Crippen molar-refractivity contribution < 1.29 is 13.2 Å². The minimum atomic E-state index is -3.74. The van der Waals surface area contributed by atoms with Crippen LogP contribution < -0.4 is 21.7 Å². The van der Waals surface area contributed by atoms with E-state index in [4.69, 9.17) is 11.6 Å². The summed E-state index contributed by atoms with van der Waals surface area (Å²) in [5, 5.41) is 0. The lowest BCUT2D eigenvalue weighted by atomic mass is 9.93. The number of hydrogen-bond acceptors (Lipinski definition) is 6. The van der Waals surface area contributed by atoms with E-state index in [9.17, 15) is 13.2 Å². The number of carbonyl (C=O) groups is 1. The Bertz CT molecular complexity index is 553. The minimum Gasteiger partial charge on any atom is -0.369 e. The fourth-order valence-corrected chi connectivity index (χ4v) is 2.23. The number of pyridine rings is 1. The van der Waals surface area contributed by atoms with Gasteiger partial charge in [0, 0.05) is 12.7 Å². The van der Waals surface area contributed by atoms with E-state index in [0.29, 0.717) is 5.82 Å². The van der Waals surface area contributed by atoms with E-state index in [1.807, 2.05) is 0 Å². The highest BCUT2D eigenvalue weighted by Crippen LogP contribution is 2.15. The molecule has 0 aliphatic rings. The van der Waals surface area contributed by atoms with Gasteiger partial charge in [0.05, 0.1) is 5.41 Å². The lowest BCUT2D eigenvalue weighted by Gasteiger charge is -2.20. The summed E-state index contributed by atoms with van der Waals surface area (Å²) in [6, 6.07) is 2.77. The number of carbonyl (C=O) groups excluding carboxylic acids is 1. The zero-order valence-electron chi connectivity index (χ0n) is 10.7. The molecule has 0 radical (unpaired) electrons. The van der Waals surface area contributed by atoms with E-state index >= 15 is 0 Å².